The van der Waals surface area contributed by atoms with Crippen molar-refractivity contribution in [3.63, 3.8) is 0 Å². The Bertz CT molecular complexity index is 690. The number of Topliss-reactive ketones (excluding diaryl/α,β-unsaturated/α-hetero) is 1. The van der Waals surface area contributed by atoms with Crippen LogP contribution in [0.2, 0.25) is 0 Å². The highest BCUT2D eigenvalue weighted by Crippen LogP contribution is 2.45. The number of carbonyl (C=O) groups is 2. The first-order chi connectivity index (χ1) is 12.1. The van der Waals surface area contributed by atoms with E-state index in [0.717, 1.165) is 0 Å². The molecule has 8 nitrogen and oxygen atoms in total. The highest BCUT2D eigenvalue weighted by atomic mass is 31.2. The smallest absolute Gasteiger partial charge is 0.342 e. The molecule has 0 saturated carbocycles. The molecule has 0 aliphatic rings. The Kier molecular flexibility index (Phi) is 8.27. The molecule has 2 atom stereocenters. The first-order valence-corrected chi connectivity index (χ1v) is 9.87. The molecule has 0 radical (unpaired) electrons. The fraction of sp³-hybridized carbons (Fsp3) is 0.529. The van der Waals surface area contributed by atoms with Crippen LogP contribution in [0.4, 0.5) is 0 Å². The van der Waals surface area contributed by atoms with Crippen LogP contribution in [0.1, 0.15) is 38.1 Å². The normalized spacial score (nSPS) is 14.4. The first kappa shape index (κ1) is 22.2. The molecule has 0 aliphatic heterocycles. The van der Waals surface area contributed by atoms with Crippen LogP contribution in [-0.4, -0.2) is 44.5 Å². The van der Waals surface area contributed by atoms with Gasteiger partial charge in [0.05, 0.1) is 18.8 Å². The SMILES string of the molecule is COCP(=O)(N[C@@H](C)C(=O)OC(C)C)Oc1cc(OC)ccc1C(C)=O. The summed E-state index contributed by atoms with van der Waals surface area (Å²) in [4.78, 5) is 23.8. The lowest BCUT2D eigenvalue weighted by molar-refractivity contribution is -0.149. The predicted octanol–water partition coefficient (Wildman–Crippen LogP) is 3.00. The molecule has 0 amide bonds. The topological polar surface area (TPSA) is 100 Å². The molecule has 0 saturated heterocycles. The van der Waals surface area contributed by atoms with Crippen LogP contribution in [0, 0.1) is 0 Å². The van der Waals surface area contributed by atoms with Gasteiger partial charge in [-0.05, 0) is 39.8 Å². The number of carbonyl (C=O) groups excluding carboxylic acids is 2. The second-order valence-corrected chi connectivity index (χ2v) is 7.98. The standard InChI is InChI=1S/C17H26NO7P/c1-11(2)24-17(20)12(3)18-26(21,10-22-5)25-16-9-14(23-6)7-8-15(16)13(4)19/h7-9,11-12H,10H2,1-6H3,(H,18,21)/t12-,26?/m0/s1. The van der Waals surface area contributed by atoms with Crippen LogP contribution in [0.5, 0.6) is 11.5 Å². The molecule has 0 fully saturated rings. The largest absolute Gasteiger partial charge is 0.497 e. The van der Waals surface area contributed by atoms with E-state index >= 15 is 0 Å². The van der Waals surface area contributed by atoms with E-state index in [0.29, 0.717) is 5.75 Å². The maximum absolute atomic E-state index is 13.1. The highest BCUT2D eigenvalue weighted by molar-refractivity contribution is 7.57. The molecule has 1 rings (SSSR count). The second-order valence-electron chi connectivity index (χ2n) is 5.94. The van der Waals surface area contributed by atoms with Crippen LogP contribution in [-0.2, 0) is 18.8 Å². The zero-order valence-corrected chi connectivity index (χ0v) is 16.8. The molecule has 1 N–H and O–H groups in total. The minimum absolute atomic E-state index is 0.0779. The van der Waals surface area contributed by atoms with Crippen molar-refractivity contribution in [2.45, 2.75) is 39.8 Å². The molecule has 146 valence electrons. The van der Waals surface area contributed by atoms with Gasteiger partial charge in [0.15, 0.2) is 5.78 Å². The molecule has 0 spiro atoms. The number of esters is 1. The van der Waals surface area contributed by atoms with E-state index in [9.17, 15) is 14.2 Å². The summed E-state index contributed by atoms with van der Waals surface area (Å²) in [6.07, 6.45) is -0.613. The van der Waals surface area contributed by atoms with Crippen molar-refractivity contribution < 1.29 is 32.9 Å². The Balaban J connectivity index is 3.11. The van der Waals surface area contributed by atoms with E-state index in [2.05, 4.69) is 5.09 Å². The minimum atomic E-state index is -3.67. The summed E-state index contributed by atoms with van der Waals surface area (Å²) in [5.41, 5.74) is 0.237. The molecule has 26 heavy (non-hydrogen) atoms. The Morgan fingerprint density at radius 3 is 2.35 bits per heavy atom. The van der Waals surface area contributed by atoms with Gasteiger partial charge in [-0.3, -0.25) is 14.2 Å². The van der Waals surface area contributed by atoms with Gasteiger partial charge in [-0.15, -0.1) is 0 Å². The maximum Gasteiger partial charge on any atom is 0.342 e. The van der Waals surface area contributed by atoms with Crippen LogP contribution >= 0.6 is 7.52 Å². The minimum Gasteiger partial charge on any atom is -0.497 e. The number of rotatable bonds is 10. The fourth-order valence-electron chi connectivity index (χ4n) is 2.10. The highest BCUT2D eigenvalue weighted by Gasteiger charge is 2.32. The summed E-state index contributed by atoms with van der Waals surface area (Å²) in [7, 11) is -0.857. The Morgan fingerprint density at radius 1 is 1.19 bits per heavy atom. The zero-order chi connectivity index (χ0) is 19.9. The number of benzene rings is 1. The monoisotopic (exact) mass is 387 g/mol. The lowest BCUT2D eigenvalue weighted by atomic mass is 10.1. The zero-order valence-electron chi connectivity index (χ0n) is 15.9. The second kappa shape index (κ2) is 9.71. The van der Waals surface area contributed by atoms with Crippen molar-refractivity contribution in [1.29, 1.82) is 0 Å². The first-order valence-electron chi connectivity index (χ1n) is 8.06. The van der Waals surface area contributed by atoms with E-state index in [4.69, 9.17) is 18.7 Å². The van der Waals surface area contributed by atoms with Crippen molar-refractivity contribution in [2.24, 2.45) is 0 Å². The molecular formula is C17H26NO7P. The van der Waals surface area contributed by atoms with E-state index in [-0.39, 0.29) is 29.5 Å². The average molecular weight is 387 g/mol. The Hall–Kier alpha value is -1.89. The molecule has 0 aromatic heterocycles. The van der Waals surface area contributed by atoms with Gasteiger partial charge >= 0.3 is 13.5 Å². The van der Waals surface area contributed by atoms with Crippen LogP contribution in [0.25, 0.3) is 0 Å². The van der Waals surface area contributed by atoms with Crippen LogP contribution < -0.4 is 14.3 Å². The molecule has 0 heterocycles. The van der Waals surface area contributed by atoms with E-state index < -0.39 is 19.5 Å². The molecule has 0 bridgehead atoms. The van der Waals surface area contributed by atoms with Gasteiger partial charge in [-0.25, -0.2) is 5.09 Å². The summed E-state index contributed by atoms with van der Waals surface area (Å²) >= 11 is 0. The van der Waals surface area contributed by atoms with Crippen LogP contribution in [0.3, 0.4) is 0 Å². The van der Waals surface area contributed by atoms with Crippen molar-refractivity contribution in [3.8, 4) is 11.5 Å². The maximum atomic E-state index is 13.1. The molecule has 1 aromatic carbocycles. The number of hydrogen-bond donors (Lipinski definition) is 1. The number of ether oxygens (including phenoxy) is 3. The predicted molar refractivity (Wildman–Crippen MR) is 96.9 cm³/mol. The van der Waals surface area contributed by atoms with Gasteiger partial charge in [0.1, 0.15) is 23.9 Å². The van der Waals surface area contributed by atoms with E-state index in [1.165, 1.54) is 40.2 Å². The lowest BCUT2D eigenvalue weighted by Crippen LogP contribution is -2.36. The number of ketones is 1. The molecule has 9 heteroatoms. The van der Waals surface area contributed by atoms with Crippen molar-refractivity contribution in [1.82, 2.24) is 5.09 Å². The average Bonchev–Trinajstić information content (AvgIpc) is 2.53. The van der Waals surface area contributed by atoms with Gasteiger partial charge in [-0.1, -0.05) is 0 Å². The molecular weight excluding hydrogens is 361 g/mol. The Morgan fingerprint density at radius 2 is 1.85 bits per heavy atom. The number of nitrogens with one attached hydrogen (secondary N) is 1. The quantitative estimate of drug-likeness (QED) is 0.372. The lowest BCUT2D eigenvalue weighted by Gasteiger charge is -2.24. The fourth-order valence-corrected chi connectivity index (χ4v) is 3.78. The number of hydrogen-bond acceptors (Lipinski definition) is 7. The summed E-state index contributed by atoms with van der Waals surface area (Å²) in [6, 6.07) is 3.67. The molecule has 0 aliphatic carbocycles. The summed E-state index contributed by atoms with van der Waals surface area (Å²) in [5.74, 6) is -0.327. The Labute approximate surface area is 153 Å². The van der Waals surface area contributed by atoms with Crippen LogP contribution in [0.15, 0.2) is 18.2 Å². The third kappa shape index (κ3) is 6.44. The third-order valence-electron chi connectivity index (χ3n) is 3.21. The van der Waals surface area contributed by atoms with Gasteiger partial charge in [-0.2, -0.15) is 0 Å². The van der Waals surface area contributed by atoms with Gasteiger partial charge in [0.2, 0.25) is 0 Å². The van der Waals surface area contributed by atoms with Crippen molar-refractivity contribution in [3.05, 3.63) is 23.8 Å². The molecule has 1 aromatic rings. The van der Waals surface area contributed by atoms with Gasteiger partial charge in [0.25, 0.3) is 0 Å². The van der Waals surface area contributed by atoms with E-state index in [1.807, 2.05) is 0 Å². The number of methoxy groups -OCH3 is 2. The van der Waals surface area contributed by atoms with Crippen molar-refractivity contribution >= 4 is 19.3 Å². The summed E-state index contributed by atoms with van der Waals surface area (Å²) in [5, 5.41) is 2.63. The summed E-state index contributed by atoms with van der Waals surface area (Å²) in [6.45, 7) is 6.30. The molecule has 1 unspecified atom stereocenters. The van der Waals surface area contributed by atoms with Crippen molar-refractivity contribution in [2.75, 3.05) is 20.6 Å². The van der Waals surface area contributed by atoms with E-state index in [1.54, 1.807) is 19.9 Å². The summed E-state index contributed by atoms with van der Waals surface area (Å²) < 4.78 is 33.9. The van der Waals surface area contributed by atoms with Gasteiger partial charge in [0, 0.05) is 13.2 Å². The third-order valence-corrected chi connectivity index (χ3v) is 5.08. The van der Waals surface area contributed by atoms with Gasteiger partial charge < -0.3 is 18.7 Å².